The van der Waals surface area contributed by atoms with E-state index in [1.807, 2.05) is 66.9 Å². The number of ketones is 1. The Labute approximate surface area is 423 Å². The number of nitrogens with zero attached hydrogens (tertiary/aromatic N) is 7. The van der Waals surface area contributed by atoms with Crippen LogP contribution in [0.2, 0.25) is 0 Å². The first-order valence-electron chi connectivity index (χ1n) is 26.3. The molecule has 12 nitrogen and oxygen atoms in total. The van der Waals surface area contributed by atoms with Gasteiger partial charge in [-0.3, -0.25) is 9.69 Å². The topological polar surface area (TPSA) is 143 Å². The molecule has 4 N–H and O–H groups in total. The number of aromatic nitrogens is 5. The summed E-state index contributed by atoms with van der Waals surface area (Å²) >= 11 is 0. The van der Waals surface area contributed by atoms with Gasteiger partial charge in [0.05, 0.1) is 11.9 Å². The number of hydrogen-bond donors (Lipinski definition) is 2. The molecule has 72 heavy (non-hydrogen) atoms. The summed E-state index contributed by atoms with van der Waals surface area (Å²) in [6, 6.07) is 39.6. The molecule has 4 fully saturated rings. The average Bonchev–Trinajstić information content (AvgIpc) is 3.96. The van der Waals surface area contributed by atoms with Crippen LogP contribution < -0.4 is 20.9 Å². The fourth-order valence-corrected chi connectivity index (χ4v) is 11.3. The Hall–Kier alpha value is -7.02. The van der Waals surface area contributed by atoms with E-state index in [9.17, 15) is 4.79 Å². The number of benzene rings is 4. The van der Waals surface area contributed by atoms with Crippen LogP contribution in [0.1, 0.15) is 87.4 Å². The fourth-order valence-electron chi connectivity index (χ4n) is 11.3. The molecule has 4 aliphatic rings. The van der Waals surface area contributed by atoms with E-state index in [4.69, 9.17) is 25.9 Å². The van der Waals surface area contributed by atoms with Gasteiger partial charge in [-0.2, -0.15) is 0 Å². The Bertz CT molecular complexity index is 3090. The number of nitrogens with two attached hydrogens (primary N) is 2. The molecule has 2 saturated carbocycles. The highest BCUT2D eigenvalue weighted by Crippen LogP contribution is 2.46. The third-order valence-corrected chi connectivity index (χ3v) is 15.5. The minimum Gasteiger partial charge on any atom is -0.489 e. The predicted octanol–water partition coefficient (Wildman–Crippen LogP) is 11.6. The number of carbonyl (C=O) groups is 1. The van der Waals surface area contributed by atoms with Crippen LogP contribution in [0.4, 0.5) is 11.5 Å². The van der Waals surface area contributed by atoms with E-state index in [1.165, 1.54) is 58.2 Å². The highest BCUT2D eigenvalue weighted by molar-refractivity contribution is 6.02. The number of carbonyl (C=O) groups excluding carboxylic acids is 1. The summed E-state index contributed by atoms with van der Waals surface area (Å²) in [4.78, 5) is 31.1. The van der Waals surface area contributed by atoms with Gasteiger partial charge in [-0.05, 0) is 142 Å². The minimum absolute atomic E-state index is 0.357. The summed E-state index contributed by atoms with van der Waals surface area (Å²) in [6.45, 7) is 7.65. The molecule has 4 aromatic heterocycles. The molecule has 0 radical (unpaired) electrons. The molecule has 0 amide bonds. The van der Waals surface area contributed by atoms with Gasteiger partial charge >= 0.3 is 0 Å². The third kappa shape index (κ3) is 10.8. The summed E-state index contributed by atoms with van der Waals surface area (Å²) in [6.07, 6.45) is 19.1. The standard InChI is InChI=1S/C32H37N5O2.C28H30N4O/c33-31-30-29(25-10-7-11-28(18-25)39-21-23-8-3-1-4-9-23)20-37(32(30)35-22-34-31)26-16-24(17-26)12-13-27(38)19-36-14-5-2-6-15-36;29-26-10-11-30-28-27(26)25(18-32(28)23-14-21(15-23)17-31-12-5-13-31)22-8-4-9-24(16-22)33-19-20-6-2-1-3-7-20/h1,3-4,7-11,18,20,22,24,26H,2,5-6,12-17,19,21H2,(H2,33,34,35);1-4,6-11,16,18,21,23H,5,12-15,17,19H2,(H2,29,30). The quantitative estimate of drug-likeness (QED) is 0.0905. The van der Waals surface area contributed by atoms with E-state index in [2.05, 4.69) is 95.9 Å². The van der Waals surface area contributed by atoms with Gasteiger partial charge in [0.15, 0.2) is 0 Å². The van der Waals surface area contributed by atoms with Crippen molar-refractivity contribution in [2.75, 3.05) is 50.7 Å². The molecule has 0 atom stereocenters. The van der Waals surface area contributed by atoms with Crippen molar-refractivity contribution in [2.24, 2.45) is 11.8 Å². The smallest absolute Gasteiger partial charge is 0.146 e. The molecule has 0 bridgehead atoms. The molecule has 2 aliphatic carbocycles. The van der Waals surface area contributed by atoms with Crippen molar-refractivity contribution in [3.63, 3.8) is 0 Å². The predicted molar refractivity (Wildman–Crippen MR) is 288 cm³/mol. The van der Waals surface area contributed by atoms with Gasteiger partial charge in [0, 0.05) is 65.8 Å². The van der Waals surface area contributed by atoms with E-state index in [1.54, 1.807) is 6.33 Å². The van der Waals surface area contributed by atoms with Gasteiger partial charge in [0.25, 0.3) is 0 Å². The minimum atomic E-state index is 0.357. The van der Waals surface area contributed by atoms with Crippen molar-refractivity contribution in [1.82, 2.24) is 33.9 Å². The van der Waals surface area contributed by atoms with Gasteiger partial charge in [0.2, 0.25) is 0 Å². The first kappa shape index (κ1) is 47.3. The summed E-state index contributed by atoms with van der Waals surface area (Å²) in [5.41, 5.74) is 22.1. The van der Waals surface area contributed by atoms with Crippen molar-refractivity contribution in [1.29, 1.82) is 0 Å². The number of pyridine rings is 1. The zero-order valence-electron chi connectivity index (χ0n) is 41.3. The van der Waals surface area contributed by atoms with Gasteiger partial charge in [-0.1, -0.05) is 91.3 Å². The lowest BCUT2D eigenvalue weighted by molar-refractivity contribution is -0.120. The van der Waals surface area contributed by atoms with Crippen LogP contribution in [0, 0.1) is 11.8 Å². The monoisotopic (exact) mass is 962 g/mol. The van der Waals surface area contributed by atoms with E-state index in [0.29, 0.717) is 55.8 Å². The van der Waals surface area contributed by atoms with Crippen LogP contribution in [-0.2, 0) is 18.0 Å². The van der Waals surface area contributed by atoms with Crippen LogP contribution in [0.3, 0.4) is 0 Å². The van der Waals surface area contributed by atoms with Gasteiger partial charge in [0.1, 0.15) is 53.9 Å². The molecule has 12 rings (SSSR count). The van der Waals surface area contributed by atoms with Crippen LogP contribution in [0.5, 0.6) is 11.5 Å². The molecule has 12 heteroatoms. The Morgan fingerprint density at radius 3 is 1.75 bits per heavy atom. The molecule has 6 heterocycles. The Morgan fingerprint density at radius 1 is 0.583 bits per heavy atom. The van der Waals surface area contributed by atoms with Crippen LogP contribution in [0.15, 0.2) is 140 Å². The zero-order chi connectivity index (χ0) is 48.8. The Morgan fingerprint density at radius 2 is 1.15 bits per heavy atom. The van der Waals surface area contributed by atoms with Crippen molar-refractivity contribution >= 4 is 39.4 Å². The Kier molecular flexibility index (Phi) is 14.3. The summed E-state index contributed by atoms with van der Waals surface area (Å²) in [5, 5.41) is 1.93. The number of rotatable bonds is 17. The molecular formula is C60H67N9O3. The number of piperidine rings is 1. The second kappa shape index (κ2) is 21.8. The van der Waals surface area contributed by atoms with Crippen molar-refractivity contribution in [3.05, 3.63) is 151 Å². The fraction of sp³-hybridized carbons (Fsp3) is 0.367. The molecule has 370 valence electrons. The van der Waals surface area contributed by atoms with Crippen molar-refractivity contribution in [2.45, 2.75) is 89.5 Å². The van der Waals surface area contributed by atoms with Crippen molar-refractivity contribution in [3.8, 4) is 33.8 Å². The van der Waals surface area contributed by atoms with Gasteiger partial charge in [-0.25, -0.2) is 15.0 Å². The molecule has 2 saturated heterocycles. The Balaban J connectivity index is 0.000000158. The lowest BCUT2D eigenvalue weighted by atomic mass is 9.77. The summed E-state index contributed by atoms with van der Waals surface area (Å²) in [7, 11) is 0. The normalized spacial score (nSPS) is 19.9. The molecular weight excluding hydrogens is 895 g/mol. The zero-order valence-corrected chi connectivity index (χ0v) is 41.3. The van der Waals surface area contributed by atoms with Crippen LogP contribution >= 0.6 is 0 Å². The van der Waals surface area contributed by atoms with E-state index in [-0.39, 0.29) is 0 Å². The van der Waals surface area contributed by atoms with Gasteiger partial charge in [-0.15, -0.1) is 0 Å². The van der Waals surface area contributed by atoms with Gasteiger partial charge < -0.3 is 35.0 Å². The second-order valence-corrected chi connectivity index (χ2v) is 20.6. The average molecular weight is 962 g/mol. The number of anilines is 2. The number of nitrogen functional groups attached to an aromatic ring is 2. The highest BCUT2D eigenvalue weighted by Gasteiger charge is 2.35. The number of likely N-dealkylation sites (tertiary alicyclic amines) is 2. The maximum absolute atomic E-state index is 12.5. The van der Waals surface area contributed by atoms with E-state index < -0.39 is 0 Å². The van der Waals surface area contributed by atoms with Crippen molar-refractivity contribution < 1.29 is 14.3 Å². The second-order valence-electron chi connectivity index (χ2n) is 20.6. The van der Waals surface area contributed by atoms with E-state index >= 15 is 0 Å². The molecule has 0 spiro atoms. The molecule has 0 unspecified atom stereocenters. The number of ether oxygens (including phenoxy) is 2. The first-order chi connectivity index (χ1) is 35.4. The number of hydrogen-bond acceptors (Lipinski definition) is 10. The maximum Gasteiger partial charge on any atom is 0.146 e. The lowest BCUT2D eigenvalue weighted by Gasteiger charge is -2.42. The first-order valence-corrected chi connectivity index (χ1v) is 26.3. The molecule has 8 aromatic rings. The maximum atomic E-state index is 12.5. The van der Waals surface area contributed by atoms with Crippen LogP contribution in [-0.4, -0.2) is 78.9 Å². The SMILES string of the molecule is Nc1ccnc2c1c(-c1cccc(OCc3ccccc3)c1)cn2C1CC(CN2CCC2)C1.Nc1ncnc2c1c(-c1cccc(OCc3ccccc3)c1)cn2C1CC(CCC(=O)CN2CCCCC2)C1. The summed E-state index contributed by atoms with van der Waals surface area (Å²) in [5.74, 6) is 3.93. The number of Topliss-reactive ketones (excluding diaryl/α,β-unsaturated/α-hetero) is 1. The van der Waals surface area contributed by atoms with E-state index in [0.717, 1.165) is 111 Å². The third-order valence-electron chi connectivity index (χ3n) is 15.5. The van der Waals surface area contributed by atoms with Crippen LogP contribution in [0.25, 0.3) is 44.3 Å². The lowest BCUT2D eigenvalue weighted by Crippen LogP contribution is -2.43. The highest BCUT2D eigenvalue weighted by atomic mass is 16.5. The number of fused-ring (bicyclic) bond motifs is 2. The molecule has 4 aromatic carbocycles. The summed E-state index contributed by atoms with van der Waals surface area (Å²) < 4.78 is 16.8. The molecule has 2 aliphatic heterocycles. The largest absolute Gasteiger partial charge is 0.489 e.